The van der Waals surface area contributed by atoms with Gasteiger partial charge in [-0.1, -0.05) is 0 Å². The van der Waals surface area contributed by atoms with Gasteiger partial charge < -0.3 is 19.7 Å². The number of sulfonamides is 2. The molecule has 0 saturated carbocycles. The fourth-order valence-corrected chi connectivity index (χ4v) is 3.93. The highest BCUT2D eigenvalue weighted by Gasteiger charge is 2.25. The molecule has 24 heavy (non-hydrogen) atoms. The maximum absolute atomic E-state index is 12.1. The average Bonchev–Trinajstić information content (AvgIpc) is 2.49. The summed E-state index contributed by atoms with van der Waals surface area (Å²) in [7, 11) is -5.59. The van der Waals surface area contributed by atoms with E-state index in [1.807, 2.05) is 0 Å². The minimum absolute atomic E-state index is 0.0470. The van der Waals surface area contributed by atoms with Crippen molar-refractivity contribution in [1.29, 1.82) is 0 Å². The van der Waals surface area contributed by atoms with Gasteiger partial charge in [0.05, 0.1) is 18.1 Å². The zero-order chi connectivity index (χ0) is 18.4. The van der Waals surface area contributed by atoms with E-state index in [9.17, 15) is 27.0 Å². The molecule has 0 bridgehead atoms. The molecule has 0 aliphatic heterocycles. The van der Waals surface area contributed by atoms with Crippen molar-refractivity contribution >= 4 is 20.0 Å². The van der Waals surface area contributed by atoms with Crippen LogP contribution in [-0.4, -0.2) is 67.6 Å². The van der Waals surface area contributed by atoms with Gasteiger partial charge in [-0.25, -0.2) is 26.3 Å². The van der Waals surface area contributed by atoms with E-state index in [4.69, 9.17) is 9.47 Å². The fourth-order valence-electron chi connectivity index (χ4n) is 1.65. The zero-order valence-corrected chi connectivity index (χ0v) is 14.8. The number of rotatable bonds is 10. The highest BCUT2D eigenvalue weighted by atomic mass is 32.2. The van der Waals surface area contributed by atoms with Crippen molar-refractivity contribution in [3.8, 4) is 11.5 Å². The smallest absolute Gasteiger partial charge is 0.244 e. The van der Waals surface area contributed by atoms with Crippen LogP contribution in [0, 0.1) is 0 Å². The lowest BCUT2D eigenvalue weighted by atomic mass is 10.3. The Morgan fingerprint density at radius 2 is 1.42 bits per heavy atom. The van der Waals surface area contributed by atoms with Gasteiger partial charge in [-0.15, -0.1) is 0 Å². The Kier molecular flexibility index (Phi) is 7.38. The Bertz CT molecular complexity index is 762. The van der Waals surface area contributed by atoms with Crippen LogP contribution in [-0.2, 0) is 29.5 Å². The maximum atomic E-state index is 12.1. The predicted molar refractivity (Wildman–Crippen MR) is 83.9 cm³/mol. The first kappa shape index (κ1) is 20.6. The van der Waals surface area contributed by atoms with Crippen LogP contribution in [0.25, 0.3) is 0 Å². The van der Waals surface area contributed by atoms with Gasteiger partial charge in [0.15, 0.2) is 11.5 Å². The van der Waals surface area contributed by atoms with E-state index in [2.05, 4.69) is 9.44 Å². The molecular weight excluding hydrogens is 364 g/mol. The van der Waals surface area contributed by atoms with Gasteiger partial charge >= 0.3 is 0 Å². The first-order chi connectivity index (χ1) is 11.2. The van der Waals surface area contributed by atoms with Gasteiger partial charge in [0.25, 0.3) is 0 Å². The third kappa shape index (κ3) is 5.29. The molecule has 0 heterocycles. The summed E-state index contributed by atoms with van der Waals surface area (Å²) < 4.78 is 62.2. The average molecular weight is 384 g/mol. The summed E-state index contributed by atoms with van der Waals surface area (Å²) in [6.07, 6.45) is 0. The quantitative estimate of drug-likeness (QED) is 0.295. The lowest BCUT2D eigenvalue weighted by Gasteiger charge is -2.12. The van der Waals surface area contributed by atoms with Crippen molar-refractivity contribution in [3.63, 3.8) is 0 Å². The monoisotopic (exact) mass is 384 g/mol. The van der Waals surface area contributed by atoms with E-state index in [1.54, 1.807) is 0 Å². The molecule has 138 valence electrons. The Morgan fingerprint density at radius 1 is 0.917 bits per heavy atom. The molecular formula is C12H20N2O8S2. The SMILES string of the molecule is COCCNS(=O)(=O)c1cc(O)c(O)c(S(=O)(=O)NCCOC)c1. The van der Waals surface area contributed by atoms with Crippen LogP contribution >= 0.6 is 0 Å². The maximum Gasteiger partial charge on any atom is 0.244 e. The lowest BCUT2D eigenvalue weighted by Crippen LogP contribution is -2.29. The fraction of sp³-hybridized carbons (Fsp3) is 0.500. The number of phenolic OH excluding ortho intramolecular Hbond substituents is 2. The summed E-state index contributed by atoms with van der Waals surface area (Å²) in [5.41, 5.74) is 0. The van der Waals surface area contributed by atoms with Gasteiger partial charge in [0, 0.05) is 33.4 Å². The Balaban J connectivity index is 3.22. The Hall–Kier alpha value is -1.44. The molecule has 0 amide bonds. The molecule has 12 heteroatoms. The summed E-state index contributed by atoms with van der Waals surface area (Å²) in [5, 5.41) is 19.4. The van der Waals surface area contributed by atoms with Crippen molar-refractivity contribution < 1.29 is 36.5 Å². The van der Waals surface area contributed by atoms with Crippen LogP contribution in [0.3, 0.4) is 0 Å². The largest absolute Gasteiger partial charge is 0.504 e. The Labute approximate surface area is 140 Å². The standard InChI is InChI=1S/C12H20N2O8S2/c1-21-5-3-13-23(17,18)9-7-10(15)12(16)11(8-9)24(19,20)14-4-6-22-2/h7-8,13-16H,3-6H2,1-2H3. The number of hydrogen-bond acceptors (Lipinski definition) is 8. The molecule has 1 rings (SSSR count). The topological polar surface area (TPSA) is 151 Å². The summed E-state index contributed by atoms with van der Waals surface area (Å²) >= 11 is 0. The molecule has 1 aromatic rings. The van der Waals surface area contributed by atoms with Crippen molar-refractivity contribution in [2.24, 2.45) is 0 Å². The van der Waals surface area contributed by atoms with Gasteiger partial charge in [0.2, 0.25) is 20.0 Å². The van der Waals surface area contributed by atoms with E-state index >= 15 is 0 Å². The van der Waals surface area contributed by atoms with Crippen LogP contribution in [0.15, 0.2) is 21.9 Å². The van der Waals surface area contributed by atoms with Gasteiger partial charge in [-0.2, -0.15) is 0 Å². The zero-order valence-electron chi connectivity index (χ0n) is 13.1. The third-order valence-corrected chi connectivity index (χ3v) is 5.74. The van der Waals surface area contributed by atoms with Crippen molar-refractivity contribution in [2.45, 2.75) is 9.79 Å². The third-order valence-electron chi connectivity index (χ3n) is 2.82. The van der Waals surface area contributed by atoms with E-state index in [-0.39, 0.29) is 26.3 Å². The Morgan fingerprint density at radius 3 is 1.92 bits per heavy atom. The number of benzene rings is 1. The van der Waals surface area contributed by atoms with E-state index in [1.165, 1.54) is 14.2 Å². The lowest BCUT2D eigenvalue weighted by molar-refractivity contribution is 0.204. The molecule has 0 aliphatic carbocycles. The molecule has 0 fully saturated rings. The van der Waals surface area contributed by atoms with E-state index < -0.39 is 41.3 Å². The summed E-state index contributed by atoms with van der Waals surface area (Å²) in [4.78, 5) is -1.27. The summed E-state index contributed by atoms with van der Waals surface area (Å²) in [5.74, 6) is -1.83. The number of nitrogens with one attached hydrogen (secondary N) is 2. The molecule has 10 nitrogen and oxygen atoms in total. The van der Waals surface area contributed by atoms with Gasteiger partial charge in [-0.3, -0.25) is 0 Å². The second-order valence-corrected chi connectivity index (χ2v) is 8.07. The molecule has 0 saturated heterocycles. The second kappa shape index (κ2) is 8.60. The van der Waals surface area contributed by atoms with E-state index in [0.717, 1.165) is 12.1 Å². The molecule has 4 N–H and O–H groups in total. The molecule has 0 spiro atoms. The number of aromatic hydroxyl groups is 2. The number of ether oxygens (including phenoxy) is 2. The number of phenols is 2. The predicted octanol–water partition coefficient (Wildman–Crippen LogP) is -1.05. The van der Waals surface area contributed by atoms with Crippen molar-refractivity contribution in [1.82, 2.24) is 9.44 Å². The summed E-state index contributed by atoms with van der Waals surface area (Å²) in [6, 6.07) is 1.50. The minimum Gasteiger partial charge on any atom is -0.504 e. The van der Waals surface area contributed by atoms with Crippen LogP contribution in [0.5, 0.6) is 11.5 Å². The highest BCUT2D eigenvalue weighted by molar-refractivity contribution is 7.90. The van der Waals surface area contributed by atoms with Crippen LogP contribution in [0.4, 0.5) is 0 Å². The number of hydrogen-bond donors (Lipinski definition) is 4. The second-order valence-electron chi connectivity index (χ2n) is 4.57. The molecule has 0 atom stereocenters. The van der Waals surface area contributed by atoms with Crippen LogP contribution < -0.4 is 9.44 Å². The van der Waals surface area contributed by atoms with Crippen LogP contribution in [0.1, 0.15) is 0 Å². The molecule has 0 unspecified atom stereocenters. The van der Waals surface area contributed by atoms with E-state index in [0.29, 0.717) is 0 Å². The summed E-state index contributed by atoms with van der Waals surface area (Å²) in [6.45, 7) is 0.0340. The van der Waals surface area contributed by atoms with Crippen molar-refractivity contribution in [3.05, 3.63) is 12.1 Å². The van der Waals surface area contributed by atoms with Gasteiger partial charge in [-0.05, 0) is 6.07 Å². The highest BCUT2D eigenvalue weighted by Crippen LogP contribution is 2.34. The first-order valence-corrected chi connectivity index (χ1v) is 9.65. The molecule has 0 aromatic heterocycles. The number of methoxy groups -OCH3 is 2. The molecule has 0 aliphatic rings. The minimum atomic E-state index is -4.25. The van der Waals surface area contributed by atoms with Crippen LogP contribution in [0.2, 0.25) is 0 Å². The molecule has 0 radical (unpaired) electrons. The van der Waals surface area contributed by atoms with Crippen molar-refractivity contribution in [2.75, 3.05) is 40.5 Å². The normalized spacial score (nSPS) is 12.4. The van der Waals surface area contributed by atoms with Gasteiger partial charge in [0.1, 0.15) is 4.90 Å². The molecule has 1 aromatic carbocycles. The first-order valence-electron chi connectivity index (χ1n) is 6.69.